The molecule has 73 heavy (non-hydrogen) atoms. The molecule has 8 rings (SSSR count). The lowest BCUT2D eigenvalue weighted by molar-refractivity contribution is -0.288. The fourth-order valence-electron chi connectivity index (χ4n) is 7.83. The molecule has 376 valence electrons. The van der Waals surface area contributed by atoms with Gasteiger partial charge in [0.2, 0.25) is 5.41 Å². The van der Waals surface area contributed by atoms with Crippen LogP contribution in [0, 0.1) is 0 Å². The third-order valence-corrected chi connectivity index (χ3v) is 11.4. The molecule has 0 spiro atoms. The molecule has 0 radical (unpaired) electrons. The van der Waals surface area contributed by atoms with Crippen molar-refractivity contribution in [2.24, 2.45) is 20.5 Å². The summed E-state index contributed by atoms with van der Waals surface area (Å²) in [4.78, 5) is 54.7. The number of halogens is 12. The molecule has 2 heterocycles. The van der Waals surface area contributed by atoms with Crippen molar-refractivity contribution in [1.82, 2.24) is 9.80 Å². The normalized spacial score (nSPS) is 14.5. The van der Waals surface area contributed by atoms with Gasteiger partial charge in [-0.2, -0.15) is 73.1 Å². The SMILES string of the molecule is O=C1c2ccc(C(c3ccc4c(c3)C(=O)N(CCOc3ccc(N=Nc5ccc(C(F)(F)F)cc5)cc3)C4=O)(C(F)(F)F)C(F)(F)F)cc2C(=O)N1CCOc1ccc(N=Nc2ccc(C(F)(F)F)cc2)cc1. The first kappa shape index (κ1) is 50.9. The maximum atomic E-state index is 15.3. The van der Waals surface area contributed by atoms with Crippen LogP contribution in [0.1, 0.15) is 63.7 Å². The summed E-state index contributed by atoms with van der Waals surface area (Å²) < 4.78 is 180. The molecule has 4 amide bonds. The number of amides is 4. The zero-order chi connectivity index (χ0) is 52.7. The number of hydrogen-bond donors (Lipinski definition) is 0. The maximum absolute atomic E-state index is 15.3. The smallest absolute Gasteiger partial charge is 0.416 e. The van der Waals surface area contributed by atoms with Crippen LogP contribution in [-0.4, -0.2) is 72.1 Å². The molecule has 0 N–H and O–H groups in total. The first-order valence-corrected chi connectivity index (χ1v) is 21.2. The Balaban J connectivity index is 0.928. The lowest BCUT2D eigenvalue weighted by Crippen LogP contribution is -2.55. The molecule has 0 aliphatic carbocycles. The Kier molecular flexibility index (Phi) is 13.5. The minimum Gasteiger partial charge on any atom is -0.492 e. The third kappa shape index (κ3) is 10.2. The maximum Gasteiger partial charge on any atom is 0.416 e. The summed E-state index contributed by atoms with van der Waals surface area (Å²) in [6.45, 7) is -1.77. The Labute approximate surface area is 403 Å². The third-order valence-electron chi connectivity index (χ3n) is 11.4. The van der Waals surface area contributed by atoms with Crippen molar-refractivity contribution >= 4 is 46.4 Å². The molecule has 0 fully saturated rings. The highest BCUT2D eigenvalue weighted by Gasteiger charge is 2.73. The average Bonchev–Trinajstić information content (AvgIpc) is 3.71. The van der Waals surface area contributed by atoms with E-state index in [1.54, 1.807) is 0 Å². The van der Waals surface area contributed by atoms with Gasteiger partial charge in [0.15, 0.2) is 0 Å². The van der Waals surface area contributed by atoms with Crippen molar-refractivity contribution in [3.63, 3.8) is 0 Å². The summed E-state index contributed by atoms with van der Waals surface area (Å²) in [5.41, 5.74) is -11.5. The Bertz CT molecular complexity index is 2940. The van der Waals surface area contributed by atoms with E-state index >= 15 is 26.3 Å². The van der Waals surface area contributed by atoms with Gasteiger partial charge in [-0.1, -0.05) is 12.1 Å². The zero-order valence-electron chi connectivity index (χ0n) is 36.7. The van der Waals surface area contributed by atoms with Gasteiger partial charge in [0.05, 0.1) is 69.2 Å². The molecule has 6 aromatic rings. The van der Waals surface area contributed by atoms with Crippen LogP contribution in [-0.2, 0) is 17.8 Å². The summed E-state index contributed by atoms with van der Waals surface area (Å²) >= 11 is 0. The van der Waals surface area contributed by atoms with Gasteiger partial charge in [0.1, 0.15) is 24.7 Å². The summed E-state index contributed by atoms with van der Waals surface area (Å²) in [5, 5.41) is 15.6. The molecular formula is C49H30F12N6O6. The molecule has 0 unspecified atom stereocenters. The number of azo groups is 2. The molecule has 12 nitrogen and oxygen atoms in total. The summed E-state index contributed by atoms with van der Waals surface area (Å²) in [5.74, 6) is -4.19. The second-order valence-electron chi connectivity index (χ2n) is 16.0. The second kappa shape index (κ2) is 19.3. The number of carbonyl (C=O) groups excluding carboxylic acids is 4. The quantitative estimate of drug-likeness (QED) is 0.0604. The number of ether oxygens (including phenoxy) is 2. The predicted molar refractivity (Wildman–Crippen MR) is 232 cm³/mol. The van der Waals surface area contributed by atoms with E-state index in [0.29, 0.717) is 46.2 Å². The van der Waals surface area contributed by atoms with Gasteiger partial charge in [-0.05, 0) is 132 Å². The number of imide groups is 2. The minimum atomic E-state index is -6.20. The highest BCUT2D eigenvalue weighted by atomic mass is 19.4. The first-order chi connectivity index (χ1) is 34.4. The van der Waals surface area contributed by atoms with E-state index < -0.39 is 111 Å². The fourth-order valence-corrected chi connectivity index (χ4v) is 7.83. The van der Waals surface area contributed by atoms with Crippen LogP contribution in [0.4, 0.5) is 75.4 Å². The van der Waals surface area contributed by atoms with E-state index in [0.717, 1.165) is 48.5 Å². The molecule has 0 saturated carbocycles. The number of nitrogens with zero attached hydrogens (tertiary/aromatic N) is 6. The number of alkyl halides is 12. The largest absolute Gasteiger partial charge is 0.492 e. The van der Waals surface area contributed by atoms with Gasteiger partial charge >= 0.3 is 24.7 Å². The fraction of sp³-hybridized carbons (Fsp3) is 0.184. The molecule has 0 aromatic heterocycles. The molecular weight excluding hydrogens is 997 g/mol. The van der Waals surface area contributed by atoms with Crippen molar-refractivity contribution in [3.8, 4) is 11.5 Å². The van der Waals surface area contributed by atoms with E-state index in [4.69, 9.17) is 9.47 Å². The standard InChI is InChI=1S/C49H30F12N6O6/c50-46(51,52)27-1-7-31(8-2-27)62-64-33-11-15-35(16-12-33)72-23-21-66-41(68)37-19-5-29(25-39(37)43(66)70)45(48(56,57)58,49(59,60)61)30-6-20-38-40(26-30)44(71)67(42(38)69)22-24-73-36-17-13-34(14-18-36)65-63-32-9-3-28(4-10-32)47(53,54)55/h1-20,25-26H,21-24H2. The van der Waals surface area contributed by atoms with Crippen molar-refractivity contribution in [2.45, 2.75) is 30.1 Å². The zero-order valence-corrected chi connectivity index (χ0v) is 36.7. The van der Waals surface area contributed by atoms with E-state index in [2.05, 4.69) is 20.5 Å². The predicted octanol–water partition coefficient (Wildman–Crippen LogP) is 13.3. The van der Waals surface area contributed by atoms with Gasteiger partial charge in [-0.3, -0.25) is 29.0 Å². The molecule has 24 heteroatoms. The average molecular weight is 1030 g/mol. The molecule has 0 atom stereocenters. The van der Waals surface area contributed by atoms with E-state index in [9.17, 15) is 45.5 Å². The topological polar surface area (TPSA) is 143 Å². The molecule has 2 aliphatic rings. The minimum absolute atomic E-state index is 0.130. The van der Waals surface area contributed by atoms with Crippen LogP contribution in [0.2, 0.25) is 0 Å². The van der Waals surface area contributed by atoms with E-state index in [-0.39, 0.29) is 47.5 Å². The van der Waals surface area contributed by atoms with E-state index in [1.165, 1.54) is 48.5 Å². The van der Waals surface area contributed by atoms with Crippen molar-refractivity contribution in [2.75, 3.05) is 26.3 Å². The van der Waals surface area contributed by atoms with Gasteiger partial charge in [0.25, 0.3) is 23.6 Å². The summed E-state index contributed by atoms with van der Waals surface area (Å²) in [6.07, 6.45) is -21.5. The number of benzene rings is 6. The van der Waals surface area contributed by atoms with E-state index in [1.807, 2.05) is 0 Å². The monoisotopic (exact) mass is 1030 g/mol. The van der Waals surface area contributed by atoms with Gasteiger partial charge in [-0.15, -0.1) is 0 Å². The van der Waals surface area contributed by atoms with Gasteiger partial charge < -0.3 is 9.47 Å². The van der Waals surface area contributed by atoms with Crippen LogP contribution in [0.25, 0.3) is 0 Å². The van der Waals surface area contributed by atoms with Crippen LogP contribution in [0.3, 0.4) is 0 Å². The number of rotatable bonds is 14. The molecule has 0 saturated heterocycles. The van der Waals surface area contributed by atoms with Gasteiger partial charge in [0, 0.05) is 0 Å². The summed E-state index contributed by atoms with van der Waals surface area (Å²) in [7, 11) is 0. The number of carbonyl (C=O) groups is 4. The lowest BCUT2D eigenvalue weighted by Gasteiger charge is -2.38. The summed E-state index contributed by atoms with van der Waals surface area (Å²) in [6, 6.07) is 21.8. The van der Waals surface area contributed by atoms with Crippen LogP contribution in [0.5, 0.6) is 11.5 Å². The van der Waals surface area contributed by atoms with Crippen LogP contribution in [0.15, 0.2) is 154 Å². The highest BCUT2D eigenvalue weighted by Crippen LogP contribution is 2.57. The van der Waals surface area contributed by atoms with Crippen molar-refractivity contribution < 1.29 is 81.3 Å². The second-order valence-corrected chi connectivity index (χ2v) is 16.0. The Morgan fingerprint density at radius 2 is 0.630 bits per heavy atom. The molecule has 2 aliphatic heterocycles. The Morgan fingerprint density at radius 3 is 0.918 bits per heavy atom. The highest BCUT2D eigenvalue weighted by molar-refractivity contribution is 6.22. The van der Waals surface area contributed by atoms with Gasteiger partial charge in [-0.25, -0.2) is 0 Å². The van der Waals surface area contributed by atoms with Crippen LogP contribution < -0.4 is 9.47 Å². The van der Waals surface area contributed by atoms with Crippen LogP contribution >= 0.6 is 0 Å². The Hall–Kier alpha value is -8.44. The molecule has 6 aromatic carbocycles. The Morgan fingerprint density at radius 1 is 0.356 bits per heavy atom. The number of fused-ring (bicyclic) bond motifs is 2. The van der Waals surface area contributed by atoms with Crippen molar-refractivity contribution in [3.05, 3.63) is 178 Å². The molecule has 0 bridgehead atoms. The lowest BCUT2D eigenvalue weighted by atomic mass is 9.71. The van der Waals surface area contributed by atoms with Crippen molar-refractivity contribution in [1.29, 1.82) is 0 Å². The first-order valence-electron chi connectivity index (χ1n) is 21.2. The number of hydrogen-bond acceptors (Lipinski definition) is 10.